The van der Waals surface area contributed by atoms with Crippen LogP contribution in [0.3, 0.4) is 0 Å². The highest BCUT2D eigenvalue weighted by atomic mass is 35.5. The number of benzene rings is 1. The molecule has 3 rings (SSSR count). The zero-order valence-electron chi connectivity index (χ0n) is 16.5. The quantitative estimate of drug-likeness (QED) is 0.547. The van der Waals surface area contributed by atoms with Crippen molar-refractivity contribution in [2.75, 3.05) is 7.05 Å². The zero-order valence-corrected chi connectivity index (χ0v) is 18.1. The average molecular weight is 414 g/mol. The SMILES string of the molecule is CN(C(=O)c1csc(-c2cccc(Cl)c2)n1)[C@@H](Cc1ccccn1)C(C)(C)C. The third-order valence-electron chi connectivity index (χ3n) is 4.71. The predicted molar refractivity (Wildman–Crippen MR) is 116 cm³/mol. The molecule has 0 aliphatic heterocycles. The van der Waals surface area contributed by atoms with Gasteiger partial charge in [0.05, 0.1) is 0 Å². The molecule has 3 aromatic rings. The van der Waals surface area contributed by atoms with Gasteiger partial charge in [0.1, 0.15) is 10.7 Å². The van der Waals surface area contributed by atoms with Crippen molar-refractivity contribution in [2.45, 2.75) is 33.2 Å². The fourth-order valence-corrected chi connectivity index (χ4v) is 4.17. The van der Waals surface area contributed by atoms with Crippen molar-refractivity contribution in [1.29, 1.82) is 0 Å². The van der Waals surface area contributed by atoms with Crippen LogP contribution in [-0.2, 0) is 6.42 Å². The minimum Gasteiger partial charge on any atom is -0.336 e. The summed E-state index contributed by atoms with van der Waals surface area (Å²) in [6.45, 7) is 6.43. The molecule has 1 amide bonds. The fourth-order valence-electron chi connectivity index (χ4n) is 3.19. The van der Waals surface area contributed by atoms with Crippen molar-refractivity contribution in [3.05, 3.63) is 70.5 Å². The molecular formula is C22H24ClN3OS. The van der Waals surface area contributed by atoms with Crippen LogP contribution in [0.15, 0.2) is 54.0 Å². The fraction of sp³-hybridized carbons (Fsp3) is 0.318. The molecule has 0 unspecified atom stereocenters. The minimum absolute atomic E-state index is 0.00813. The number of aromatic nitrogens is 2. The number of thiazole rings is 1. The van der Waals surface area contributed by atoms with E-state index in [0.29, 0.717) is 17.1 Å². The van der Waals surface area contributed by atoms with Crippen LogP contribution in [0.4, 0.5) is 0 Å². The van der Waals surface area contributed by atoms with Gasteiger partial charge in [0, 0.05) is 47.4 Å². The highest BCUT2D eigenvalue weighted by molar-refractivity contribution is 7.13. The Morgan fingerprint density at radius 3 is 2.64 bits per heavy atom. The standard InChI is InChI=1S/C22H24ClN3OS/c1-22(2,3)19(13-17-10-5-6-11-24-17)26(4)21(27)18-14-28-20(25-18)15-8-7-9-16(23)12-15/h5-12,14,19H,13H2,1-4H3/t19-/m0/s1. The third-order valence-corrected chi connectivity index (χ3v) is 5.84. The highest BCUT2D eigenvalue weighted by Crippen LogP contribution is 2.30. The monoisotopic (exact) mass is 413 g/mol. The van der Waals surface area contributed by atoms with Gasteiger partial charge in [-0.3, -0.25) is 9.78 Å². The summed E-state index contributed by atoms with van der Waals surface area (Å²) in [7, 11) is 1.85. The average Bonchev–Trinajstić information content (AvgIpc) is 3.15. The molecule has 0 bridgehead atoms. The van der Waals surface area contributed by atoms with E-state index in [0.717, 1.165) is 16.3 Å². The van der Waals surface area contributed by atoms with Gasteiger partial charge in [-0.05, 0) is 29.7 Å². The number of nitrogens with zero attached hydrogens (tertiary/aromatic N) is 3. The van der Waals surface area contributed by atoms with E-state index in [1.165, 1.54) is 11.3 Å². The lowest BCUT2D eigenvalue weighted by molar-refractivity contribution is 0.0591. The lowest BCUT2D eigenvalue weighted by Gasteiger charge is -2.37. The lowest BCUT2D eigenvalue weighted by Crippen LogP contribution is -2.46. The Kier molecular flexibility index (Phi) is 6.16. The first kappa shape index (κ1) is 20.5. The predicted octanol–water partition coefficient (Wildman–Crippen LogP) is 5.59. The zero-order chi connectivity index (χ0) is 20.3. The summed E-state index contributed by atoms with van der Waals surface area (Å²) in [6.07, 6.45) is 2.48. The van der Waals surface area contributed by atoms with Crippen molar-refractivity contribution >= 4 is 28.8 Å². The van der Waals surface area contributed by atoms with Crippen molar-refractivity contribution < 1.29 is 4.79 Å². The van der Waals surface area contributed by atoms with E-state index in [1.54, 1.807) is 11.1 Å². The summed E-state index contributed by atoms with van der Waals surface area (Å²) in [5, 5.41) is 3.26. The van der Waals surface area contributed by atoms with Crippen molar-refractivity contribution in [1.82, 2.24) is 14.9 Å². The first-order valence-electron chi connectivity index (χ1n) is 9.14. The van der Waals surface area contributed by atoms with Crippen molar-refractivity contribution in [3.63, 3.8) is 0 Å². The molecule has 0 saturated carbocycles. The molecule has 0 aliphatic carbocycles. The molecule has 6 heteroatoms. The second-order valence-electron chi connectivity index (χ2n) is 7.87. The van der Waals surface area contributed by atoms with Gasteiger partial charge in [-0.2, -0.15) is 0 Å². The summed E-state index contributed by atoms with van der Waals surface area (Å²) < 4.78 is 0. The Morgan fingerprint density at radius 1 is 1.21 bits per heavy atom. The van der Waals surface area contributed by atoms with Gasteiger partial charge in [0.2, 0.25) is 0 Å². The van der Waals surface area contributed by atoms with Gasteiger partial charge in [0.25, 0.3) is 5.91 Å². The highest BCUT2D eigenvalue weighted by Gasteiger charge is 2.32. The Balaban J connectivity index is 1.83. The molecule has 1 aromatic carbocycles. The van der Waals surface area contributed by atoms with Crippen molar-refractivity contribution in [2.24, 2.45) is 5.41 Å². The summed E-state index contributed by atoms with van der Waals surface area (Å²) in [6, 6.07) is 13.4. The van der Waals surface area contributed by atoms with Gasteiger partial charge >= 0.3 is 0 Å². The number of rotatable bonds is 5. The van der Waals surface area contributed by atoms with Crippen molar-refractivity contribution in [3.8, 4) is 10.6 Å². The van der Waals surface area contributed by atoms with E-state index in [2.05, 4.69) is 30.7 Å². The molecule has 0 fully saturated rings. The number of carbonyl (C=O) groups excluding carboxylic acids is 1. The second-order valence-corrected chi connectivity index (χ2v) is 9.17. The normalized spacial score (nSPS) is 12.6. The van der Waals surface area contributed by atoms with E-state index >= 15 is 0 Å². The first-order valence-corrected chi connectivity index (χ1v) is 10.4. The van der Waals surface area contributed by atoms with E-state index in [-0.39, 0.29) is 17.4 Å². The summed E-state index contributed by atoms with van der Waals surface area (Å²) in [5.74, 6) is -0.0830. The molecule has 0 saturated heterocycles. The molecular weight excluding hydrogens is 390 g/mol. The molecule has 0 spiro atoms. The number of pyridine rings is 1. The number of likely N-dealkylation sites (N-methyl/N-ethyl adjacent to an activating group) is 1. The summed E-state index contributed by atoms with van der Waals surface area (Å²) >= 11 is 7.53. The lowest BCUT2D eigenvalue weighted by atomic mass is 9.83. The second kappa shape index (κ2) is 8.41. The largest absolute Gasteiger partial charge is 0.336 e. The molecule has 2 heterocycles. The smallest absolute Gasteiger partial charge is 0.273 e. The molecule has 0 radical (unpaired) electrons. The van der Waals surface area contributed by atoms with Crippen LogP contribution in [0.5, 0.6) is 0 Å². The van der Waals surface area contributed by atoms with Gasteiger partial charge in [-0.1, -0.05) is 50.6 Å². The molecule has 2 aromatic heterocycles. The molecule has 28 heavy (non-hydrogen) atoms. The van der Waals surface area contributed by atoms with E-state index in [9.17, 15) is 4.79 Å². The Hall–Kier alpha value is -2.24. The van der Waals surface area contributed by atoms with Gasteiger partial charge in [0.15, 0.2) is 0 Å². The van der Waals surface area contributed by atoms with E-state index in [1.807, 2.05) is 54.9 Å². The van der Waals surface area contributed by atoms with Crippen LogP contribution in [0, 0.1) is 5.41 Å². The number of hydrogen-bond donors (Lipinski definition) is 0. The minimum atomic E-state index is -0.103. The van der Waals surface area contributed by atoms with Crippen LogP contribution in [-0.4, -0.2) is 33.9 Å². The third kappa shape index (κ3) is 4.78. The molecule has 146 valence electrons. The maximum absolute atomic E-state index is 13.2. The Morgan fingerprint density at radius 2 is 2.00 bits per heavy atom. The maximum Gasteiger partial charge on any atom is 0.273 e. The number of halogens is 1. The first-order chi connectivity index (χ1) is 13.3. The number of amides is 1. The van der Waals surface area contributed by atoms with Gasteiger partial charge < -0.3 is 4.90 Å². The number of carbonyl (C=O) groups is 1. The summed E-state index contributed by atoms with van der Waals surface area (Å²) in [5.41, 5.74) is 2.24. The summed E-state index contributed by atoms with van der Waals surface area (Å²) in [4.78, 5) is 24.0. The Bertz CT molecular complexity index is 950. The van der Waals surface area contributed by atoms with Gasteiger partial charge in [-0.15, -0.1) is 11.3 Å². The van der Waals surface area contributed by atoms with Gasteiger partial charge in [-0.25, -0.2) is 4.98 Å². The number of hydrogen-bond acceptors (Lipinski definition) is 4. The van der Waals surface area contributed by atoms with E-state index < -0.39 is 0 Å². The van der Waals surface area contributed by atoms with Crippen LogP contribution >= 0.6 is 22.9 Å². The van der Waals surface area contributed by atoms with E-state index in [4.69, 9.17) is 11.6 Å². The molecule has 0 N–H and O–H groups in total. The molecule has 4 nitrogen and oxygen atoms in total. The topological polar surface area (TPSA) is 46.1 Å². The Labute approximate surface area is 175 Å². The maximum atomic E-state index is 13.2. The van der Waals surface area contributed by atoms with Crippen LogP contribution in [0.2, 0.25) is 5.02 Å². The molecule has 0 aliphatic rings. The van der Waals surface area contributed by atoms with Crippen LogP contribution in [0.1, 0.15) is 37.0 Å². The van der Waals surface area contributed by atoms with Crippen LogP contribution < -0.4 is 0 Å². The molecule has 1 atom stereocenters. The van der Waals surface area contributed by atoms with Crippen LogP contribution in [0.25, 0.3) is 10.6 Å².